The topological polar surface area (TPSA) is 43.1 Å². The lowest BCUT2D eigenvalue weighted by molar-refractivity contribution is -0.117. The van der Waals surface area contributed by atoms with Gasteiger partial charge in [0, 0.05) is 18.5 Å². The number of carbonyl (C=O) groups is 1. The molecule has 0 aliphatic carbocycles. The Labute approximate surface area is 114 Å². The third-order valence-corrected chi connectivity index (χ3v) is 3.32. The van der Waals surface area contributed by atoms with Crippen LogP contribution in [0.1, 0.15) is 22.3 Å². The van der Waals surface area contributed by atoms with Gasteiger partial charge in [-0.05, 0) is 48.2 Å². The molecule has 2 heteroatoms. The highest BCUT2D eigenvalue weighted by atomic mass is 16.1. The van der Waals surface area contributed by atoms with Gasteiger partial charge in [0.05, 0.1) is 0 Å². The molecule has 2 nitrogen and oxygen atoms in total. The van der Waals surface area contributed by atoms with E-state index in [-0.39, 0.29) is 5.78 Å². The zero-order valence-electron chi connectivity index (χ0n) is 11.4. The van der Waals surface area contributed by atoms with E-state index in [4.69, 9.17) is 5.73 Å². The molecule has 0 amide bonds. The Morgan fingerprint density at radius 2 is 1.63 bits per heavy atom. The minimum absolute atomic E-state index is 0.217. The molecule has 0 aliphatic heterocycles. The molecular weight excluding hydrogens is 234 g/mol. The number of benzene rings is 2. The molecular formula is C17H19NO. The highest BCUT2D eigenvalue weighted by molar-refractivity contribution is 5.83. The number of nitrogens with two attached hydrogens (primary N) is 1. The van der Waals surface area contributed by atoms with Gasteiger partial charge >= 0.3 is 0 Å². The number of rotatable bonds is 4. The molecule has 2 aromatic rings. The number of anilines is 1. The van der Waals surface area contributed by atoms with Crippen LogP contribution >= 0.6 is 0 Å². The number of nitrogen functional groups attached to an aromatic ring is 1. The van der Waals surface area contributed by atoms with Crippen LogP contribution in [-0.4, -0.2) is 5.78 Å². The molecule has 0 atom stereocenters. The SMILES string of the molecule is Cc1ccc(CC(=O)Cc2cccc(N)c2)cc1C. The van der Waals surface area contributed by atoms with Crippen LogP contribution in [0.4, 0.5) is 5.69 Å². The predicted molar refractivity (Wildman–Crippen MR) is 79.2 cm³/mol. The molecule has 0 saturated heterocycles. The summed E-state index contributed by atoms with van der Waals surface area (Å²) in [5.74, 6) is 0.217. The van der Waals surface area contributed by atoms with Gasteiger partial charge in [0.15, 0.2) is 0 Å². The van der Waals surface area contributed by atoms with E-state index in [0.717, 1.165) is 11.1 Å². The summed E-state index contributed by atoms with van der Waals surface area (Å²) < 4.78 is 0. The van der Waals surface area contributed by atoms with Crippen molar-refractivity contribution in [2.45, 2.75) is 26.7 Å². The molecule has 0 aliphatic rings. The van der Waals surface area contributed by atoms with E-state index in [2.05, 4.69) is 26.0 Å². The van der Waals surface area contributed by atoms with Crippen molar-refractivity contribution >= 4 is 11.5 Å². The molecule has 2 aromatic carbocycles. The Morgan fingerprint density at radius 1 is 0.947 bits per heavy atom. The van der Waals surface area contributed by atoms with Crippen LogP contribution in [0.15, 0.2) is 42.5 Å². The first kappa shape index (κ1) is 13.3. The van der Waals surface area contributed by atoms with Crippen molar-refractivity contribution in [3.63, 3.8) is 0 Å². The monoisotopic (exact) mass is 253 g/mol. The van der Waals surface area contributed by atoms with E-state index in [1.807, 2.05) is 30.3 Å². The van der Waals surface area contributed by atoms with E-state index >= 15 is 0 Å². The molecule has 0 fully saturated rings. The first-order chi connectivity index (χ1) is 9.04. The van der Waals surface area contributed by atoms with Crippen molar-refractivity contribution in [2.24, 2.45) is 0 Å². The zero-order valence-corrected chi connectivity index (χ0v) is 11.4. The summed E-state index contributed by atoms with van der Waals surface area (Å²) in [5.41, 5.74) is 11.0. The number of hydrogen-bond acceptors (Lipinski definition) is 2. The Kier molecular flexibility index (Phi) is 4.00. The van der Waals surface area contributed by atoms with Gasteiger partial charge in [-0.1, -0.05) is 30.3 Å². The summed E-state index contributed by atoms with van der Waals surface area (Å²) in [4.78, 5) is 12.0. The lowest BCUT2D eigenvalue weighted by Gasteiger charge is -2.05. The molecule has 2 rings (SSSR count). The van der Waals surface area contributed by atoms with Crippen LogP contribution < -0.4 is 5.73 Å². The number of ketones is 1. The third-order valence-electron chi connectivity index (χ3n) is 3.32. The smallest absolute Gasteiger partial charge is 0.141 e. The van der Waals surface area contributed by atoms with Gasteiger partial charge in [-0.3, -0.25) is 4.79 Å². The quantitative estimate of drug-likeness (QED) is 0.850. The second-order valence-electron chi connectivity index (χ2n) is 5.06. The lowest BCUT2D eigenvalue weighted by Crippen LogP contribution is -2.07. The molecule has 0 radical (unpaired) electrons. The molecule has 0 unspecified atom stereocenters. The fourth-order valence-corrected chi connectivity index (χ4v) is 2.13. The minimum atomic E-state index is 0.217. The summed E-state index contributed by atoms with van der Waals surface area (Å²) >= 11 is 0. The second-order valence-corrected chi connectivity index (χ2v) is 5.06. The Bertz CT molecular complexity index is 602. The lowest BCUT2D eigenvalue weighted by atomic mass is 9.99. The second kappa shape index (κ2) is 5.70. The summed E-state index contributed by atoms with van der Waals surface area (Å²) in [6, 6.07) is 13.7. The third kappa shape index (κ3) is 3.68. The number of hydrogen-bond donors (Lipinski definition) is 1. The van der Waals surface area contributed by atoms with Crippen molar-refractivity contribution in [1.29, 1.82) is 0 Å². The van der Waals surface area contributed by atoms with Crippen molar-refractivity contribution in [1.82, 2.24) is 0 Å². The van der Waals surface area contributed by atoms with Crippen LogP contribution in [0.5, 0.6) is 0 Å². The van der Waals surface area contributed by atoms with Gasteiger partial charge in [0.2, 0.25) is 0 Å². The van der Waals surface area contributed by atoms with E-state index in [1.54, 1.807) is 0 Å². The minimum Gasteiger partial charge on any atom is -0.399 e. The van der Waals surface area contributed by atoms with Crippen LogP contribution in [-0.2, 0) is 17.6 Å². The average Bonchev–Trinajstić information content (AvgIpc) is 2.34. The first-order valence-electron chi connectivity index (χ1n) is 6.47. The number of carbonyl (C=O) groups excluding carboxylic acids is 1. The van der Waals surface area contributed by atoms with Crippen molar-refractivity contribution in [2.75, 3.05) is 5.73 Å². The average molecular weight is 253 g/mol. The van der Waals surface area contributed by atoms with E-state index in [0.29, 0.717) is 18.5 Å². The van der Waals surface area contributed by atoms with Gasteiger partial charge in [0.1, 0.15) is 5.78 Å². The highest BCUT2D eigenvalue weighted by Gasteiger charge is 2.06. The first-order valence-corrected chi connectivity index (χ1v) is 6.47. The predicted octanol–water partition coefficient (Wildman–Crippen LogP) is 3.24. The van der Waals surface area contributed by atoms with Gasteiger partial charge in [-0.15, -0.1) is 0 Å². The largest absolute Gasteiger partial charge is 0.399 e. The van der Waals surface area contributed by atoms with Crippen molar-refractivity contribution in [3.8, 4) is 0 Å². The molecule has 19 heavy (non-hydrogen) atoms. The highest BCUT2D eigenvalue weighted by Crippen LogP contribution is 2.13. The van der Waals surface area contributed by atoms with E-state index in [1.165, 1.54) is 11.1 Å². The Morgan fingerprint density at radius 3 is 2.26 bits per heavy atom. The Balaban J connectivity index is 2.03. The molecule has 0 heterocycles. The summed E-state index contributed by atoms with van der Waals surface area (Å²) in [5, 5.41) is 0. The van der Waals surface area contributed by atoms with Crippen LogP contribution in [0.2, 0.25) is 0 Å². The van der Waals surface area contributed by atoms with Crippen LogP contribution in [0.3, 0.4) is 0 Å². The van der Waals surface area contributed by atoms with E-state index in [9.17, 15) is 4.79 Å². The van der Waals surface area contributed by atoms with Gasteiger partial charge in [0.25, 0.3) is 0 Å². The van der Waals surface area contributed by atoms with Crippen LogP contribution in [0, 0.1) is 13.8 Å². The summed E-state index contributed by atoms with van der Waals surface area (Å²) in [6.45, 7) is 4.15. The normalized spacial score (nSPS) is 10.4. The molecule has 0 bridgehead atoms. The molecule has 2 N–H and O–H groups in total. The van der Waals surface area contributed by atoms with Gasteiger partial charge < -0.3 is 5.73 Å². The fourth-order valence-electron chi connectivity index (χ4n) is 2.13. The summed E-state index contributed by atoms with van der Waals surface area (Å²) in [6.07, 6.45) is 0.924. The van der Waals surface area contributed by atoms with Crippen molar-refractivity contribution in [3.05, 3.63) is 64.7 Å². The summed E-state index contributed by atoms with van der Waals surface area (Å²) in [7, 11) is 0. The Hall–Kier alpha value is -2.09. The van der Waals surface area contributed by atoms with E-state index < -0.39 is 0 Å². The zero-order chi connectivity index (χ0) is 13.8. The molecule has 0 spiro atoms. The van der Waals surface area contributed by atoms with Gasteiger partial charge in [-0.25, -0.2) is 0 Å². The molecule has 98 valence electrons. The van der Waals surface area contributed by atoms with Crippen LogP contribution in [0.25, 0.3) is 0 Å². The maximum atomic E-state index is 12.0. The number of Topliss-reactive ketones (excluding diaryl/α,β-unsaturated/α-hetero) is 1. The van der Waals surface area contributed by atoms with Crippen molar-refractivity contribution < 1.29 is 4.79 Å². The molecule has 0 saturated carbocycles. The molecule has 0 aromatic heterocycles. The number of aryl methyl sites for hydroxylation is 2. The standard InChI is InChI=1S/C17H19NO/c1-12-6-7-15(8-13(12)2)11-17(19)10-14-4-3-5-16(18)9-14/h3-9H,10-11,18H2,1-2H3. The fraction of sp³-hybridized carbons (Fsp3) is 0.235. The maximum Gasteiger partial charge on any atom is 0.141 e. The van der Waals surface area contributed by atoms with Gasteiger partial charge in [-0.2, -0.15) is 0 Å². The maximum absolute atomic E-state index is 12.0.